The summed E-state index contributed by atoms with van der Waals surface area (Å²) >= 11 is 0. The number of hydrogen-bond acceptors (Lipinski definition) is 4. The summed E-state index contributed by atoms with van der Waals surface area (Å²) in [5, 5.41) is 3.29. The van der Waals surface area contributed by atoms with E-state index in [2.05, 4.69) is 5.32 Å². The molecule has 24 heavy (non-hydrogen) atoms. The zero-order valence-electron chi connectivity index (χ0n) is 13.1. The van der Waals surface area contributed by atoms with Crippen molar-refractivity contribution >= 4 is 9.84 Å². The minimum atomic E-state index is -3.34. The Morgan fingerprint density at radius 1 is 1.04 bits per heavy atom. The normalized spacial score (nSPS) is 19.7. The number of fused-ring (bicyclic) bond motifs is 1. The van der Waals surface area contributed by atoms with Gasteiger partial charge in [-0.1, -0.05) is 18.2 Å². The van der Waals surface area contributed by atoms with Gasteiger partial charge in [0.05, 0.1) is 0 Å². The molecule has 1 fully saturated rings. The Morgan fingerprint density at radius 2 is 1.75 bits per heavy atom. The van der Waals surface area contributed by atoms with Crippen molar-refractivity contribution in [1.82, 2.24) is 5.32 Å². The highest BCUT2D eigenvalue weighted by Crippen LogP contribution is 2.36. The van der Waals surface area contributed by atoms with Gasteiger partial charge < -0.3 is 10.1 Å². The first-order valence-electron chi connectivity index (χ1n) is 8.05. The zero-order chi connectivity index (χ0) is 16.7. The Balaban J connectivity index is 1.67. The molecule has 6 heteroatoms. The number of benzene rings is 2. The SMILES string of the molecule is O=S1(=O)COc2cc(-c3ccc(C4CCNCC4)c(F)c3)ccc21. The molecule has 4 rings (SSSR count). The molecule has 2 heterocycles. The van der Waals surface area contributed by atoms with Gasteiger partial charge >= 0.3 is 0 Å². The molecule has 0 radical (unpaired) electrons. The first-order valence-corrected chi connectivity index (χ1v) is 9.70. The topological polar surface area (TPSA) is 55.4 Å². The Morgan fingerprint density at radius 3 is 2.50 bits per heavy atom. The molecule has 2 aromatic carbocycles. The molecule has 2 aliphatic heterocycles. The highest BCUT2D eigenvalue weighted by Gasteiger charge is 2.28. The van der Waals surface area contributed by atoms with Crippen molar-refractivity contribution in [2.45, 2.75) is 23.7 Å². The third-order valence-electron chi connectivity index (χ3n) is 4.76. The van der Waals surface area contributed by atoms with Crippen molar-refractivity contribution in [1.29, 1.82) is 0 Å². The van der Waals surface area contributed by atoms with E-state index in [0.29, 0.717) is 5.75 Å². The van der Waals surface area contributed by atoms with Crippen LogP contribution in [0.1, 0.15) is 24.3 Å². The van der Waals surface area contributed by atoms with E-state index in [1.165, 1.54) is 12.1 Å². The molecular formula is C18H18FNO3S. The number of rotatable bonds is 2. The summed E-state index contributed by atoms with van der Waals surface area (Å²) in [5.41, 5.74) is 2.24. The molecule has 0 atom stereocenters. The van der Waals surface area contributed by atoms with Crippen molar-refractivity contribution in [3.05, 3.63) is 47.8 Å². The smallest absolute Gasteiger partial charge is 0.216 e. The van der Waals surface area contributed by atoms with Crippen molar-refractivity contribution in [3.8, 4) is 16.9 Å². The average Bonchev–Trinajstić information content (AvgIpc) is 2.90. The highest BCUT2D eigenvalue weighted by molar-refractivity contribution is 7.91. The van der Waals surface area contributed by atoms with Gasteiger partial charge in [-0.05, 0) is 66.7 Å². The second-order valence-corrected chi connectivity index (χ2v) is 8.20. The van der Waals surface area contributed by atoms with Crippen molar-refractivity contribution in [3.63, 3.8) is 0 Å². The largest absolute Gasteiger partial charge is 0.476 e. The predicted octanol–water partition coefficient (Wildman–Crippen LogP) is 3.08. The molecule has 0 aromatic heterocycles. The van der Waals surface area contributed by atoms with E-state index in [4.69, 9.17) is 4.74 Å². The molecular weight excluding hydrogens is 329 g/mol. The molecule has 0 amide bonds. The summed E-state index contributed by atoms with van der Waals surface area (Å²) in [6, 6.07) is 10.2. The van der Waals surface area contributed by atoms with Crippen LogP contribution in [0.2, 0.25) is 0 Å². The van der Waals surface area contributed by atoms with Crippen LogP contribution in [0.4, 0.5) is 4.39 Å². The van der Waals surface area contributed by atoms with Crippen LogP contribution in [-0.4, -0.2) is 27.4 Å². The monoisotopic (exact) mass is 347 g/mol. The van der Waals surface area contributed by atoms with Gasteiger partial charge in [0, 0.05) is 0 Å². The summed E-state index contributed by atoms with van der Waals surface area (Å²) < 4.78 is 43.4. The van der Waals surface area contributed by atoms with Gasteiger partial charge in [-0.3, -0.25) is 0 Å². The molecule has 0 aliphatic carbocycles. The molecule has 126 valence electrons. The van der Waals surface area contributed by atoms with Gasteiger partial charge in [-0.15, -0.1) is 0 Å². The zero-order valence-corrected chi connectivity index (χ0v) is 13.9. The maximum absolute atomic E-state index is 14.6. The van der Waals surface area contributed by atoms with Crippen LogP contribution in [0.3, 0.4) is 0 Å². The van der Waals surface area contributed by atoms with E-state index in [0.717, 1.165) is 42.6 Å². The van der Waals surface area contributed by atoms with E-state index >= 15 is 0 Å². The lowest BCUT2D eigenvalue weighted by molar-refractivity contribution is 0.390. The molecule has 1 saturated heterocycles. The Bertz CT molecular complexity index is 889. The lowest BCUT2D eigenvalue weighted by Crippen LogP contribution is -2.27. The number of hydrogen-bond donors (Lipinski definition) is 1. The molecule has 2 aromatic rings. The molecule has 0 saturated carbocycles. The van der Waals surface area contributed by atoms with Crippen molar-refractivity contribution in [2.24, 2.45) is 0 Å². The number of halogens is 1. The van der Waals surface area contributed by atoms with Gasteiger partial charge in [0.15, 0.2) is 5.94 Å². The summed E-state index contributed by atoms with van der Waals surface area (Å²) in [7, 11) is -3.34. The van der Waals surface area contributed by atoms with Crippen LogP contribution in [0, 0.1) is 5.82 Å². The number of ether oxygens (including phenoxy) is 1. The van der Waals surface area contributed by atoms with Gasteiger partial charge in [0.2, 0.25) is 9.84 Å². The third-order valence-corrected chi connectivity index (χ3v) is 6.20. The van der Waals surface area contributed by atoms with E-state index < -0.39 is 9.84 Å². The second-order valence-electron chi connectivity index (χ2n) is 6.30. The van der Waals surface area contributed by atoms with Gasteiger partial charge in [0.25, 0.3) is 0 Å². The van der Waals surface area contributed by atoms with Crippen LogP contribution in [0.15, 0.2) is 41.3 Å². The first-order chi connectivity index (χ1) is 11.5. The molecule has 1 N–H and O–H groups in total. The lowest BCUT2D eigenvalue weighted by atomic mass is 9.88. The number of sulfone groups is 1. The standard InChI is InChI=1S/C18H18FNO3S/c19-16-9-13(1-3-15(16)12-5-7-20-8-6-12)14-2-4-18-17(10-14)23-11-24(18,21)22/h1-4,9-10,12,20H,5-8,11H2. The van der Waals surface area contributed by atoms with E-state index in [-0.39, 0.29) is 22.6 Å². The van der Waals surface area contributed by atoms with E-state index in [9.17, 15) is 12.8 Å². The fourth-order valence-corrected chi connectivity index (χ4v) is 4.54. The fraction of sp³-hybridized carbons (Fsp3) is 0.333. The van der Waals surface area contributed by atoms with E-state index in [1.807, 2.05) is 12.1 Å². The summed E-state index contributed by atoms with van der Waals surface area (Å²) in [4.78, 5) is 0.207. The molecule has 0 spiro atoms. The molecule has 2 aliphatic rings. The van der Waals surface area contributed by atoms with Crippen LogP contribution >= 0.6 is 0 Å². The Hall–Kier alpha value is -1.92. The lowest BCUT2D eigenvalue weighted by Gasteiger charge is -2.23. The Labute approximate surface area is 140 Å². The highest BCUT2D eigenvalue weighted by atomic mass is 32.2. The Kier molecular flexibility index (Phi) is 3.81. The van der Waals surface area contributed by atoms with Gasteiger partial charge in [-0.2, -0.15) is 0 Å². The maximum Gasteiger partial charge on any atom is 0.216 e. The summed E-state index contributed by atoms with van der Waals surface area (Å²) in [6.45, 7) is 1.84. The van der Waals surface area contributed by atoms with Gasteiger partial charge in [0.1, 0.15) is 16.5 Å². The van der Waals surface area contributed by atoms with Crippen LogP contribution < -0.4 is 10.1 Å². The minimum Gasteiger partial charge on any atom is -0.476 e. The molecule has 0 bridgehead atoms. The third kappa shape index (κ3) is 2.70. The van der Waals surface area contributed by atoms with Crippen LogP contribution in [0.5, 0.6) is 5.75 Å². The molecule has 0 unspecified atom stereocenters. The predicted molar refractivity (Wildman–Crippen MR) is 89.4 cm³/mol. The summed E-state index contributed by atoms with van der Waals surface area (Å²) in [6.07, 6.45) is 1.89. The minimum absolute atomic E-state index is 0.201. The summed E-state index contributed by atoms with van der Waals surface area (Å²) in [5.74, 6) is 0.0759. The quantitative estimate of drug-likeness (QED) is 0.907. The second kappa shape index (κ2) is 5.86. The maximum atomic E-state index is 14.6. The average molecular weight is 347 g/mol. The van der Waals surface area contributed by atoms with Crippen LogP contribution in [-0.2, 0) is 9.84 Å². The van der Waals surface area contributed by atoms with Gasteiger partial charge in [-0.25, -0.2) is 12.8 Å². The fourth-order valence-electron chi connectivity index (χ4n) is 3.43. The van der Waals surface area contributed by atoms with Crippen LogP contribution in [0.25, 0.3) is 11.1 Å². The van der Waals surface area contributed by atoms with Crippen molar-refractivity contribution in [2.75, 3.05) is 19.0 Å². The van der Waals surface area contributed by atoms with Crippen molar-refractivity contribution < 1.29 is 17.5 Å². The van der Waals surface area contributed by atoms with E-state index in [1.54, 1.807) is 12.1 Å². The number of piperidine rings is 1. The first kappa shape index (κ1) is 15.6. The number of nitrogens with one attached hydrogen (secondary N) is 1. The molecule has 4 nitrogen and oxygen atoms in total.